The van der Waals surface area contributed by atoms with Crippen LogP contribution in [0.15, 0.2) is 6.07 Å². The molecule has 1 aromatic rings. The summed E-state index contributed by atoms with van der Waals surface area (Å²) in [5, 5.41) is 2.95. The van der Waals surface area contributed by atoms with Gasteiger partial charge in [-0.15, -0.1) is 0 Å². The molecule has 3 fully saturated rings. The summed E-state index contributed by atoms with van der Waals surface area (Å²) in [6.07, 6.45) is 8.04. The third-order valence-electron chi connectivity index (χ3n) is 7.50. The minimum atomic E-state index is -0.0812. The second kappa shape index (κ2) is 10.0. The molecule has 0 spiro atoms. The van der Waals surface area contributed by atoms with Gasteiger partial charge in [-0.3, -0.25) is 9.69 Å². The van der Waals surface area contributed by atoms with Gasteiger partial charge in [0.15, 0.2) is 0 Å². The molecule has 2 unspecified atom stereocenters. The first-order valence-electron chi connectivity index (χ1n) is 12.5. The molecular weight excluding hydrogens is 402 g/mol. The highest BCUT2D eigenvalue weighted by atomic mass is 16.5. The van der Waals surface area contributed by atoms with Crippen LogP contribution >= 0.6 is 0 Å². The van der Waals surface area contributed by atoms with Crippen LogP contribution in [0.3, 0.4) is 0 Å². The van der Waals surface area contributed by atoms with Crippen LogP contribution in [-0.4, -0.2) is 66.1 Å². The van der Waals surface area contributed by atoms with Crippen LogP contribution in [0.4, 0.5) is 5.82 Å². The summed E-state index contributed by atoms with van der Waals surface area (Å²) in [5.41, 5.74) is 0.961. The predicted octanol–water partition coefficient (Wildman–Crippen LogP) is 3.44. The maximum atomic E-state index is 10.7. The molecule has 0 radical (unpaired) electrons. The molecular formula is C25H41N5O2. The van der Waals surface area contributed by atoms with E-state index in [0.29, 0.717) is 12.1 Å². The van der Waals surface area contributed by atoms with Gasteiger partial charge in [-0.1, -0.05) is 20.8 Å². The van der Waals surface area contributed by atoms with Crippen LogP contribution in [0, 0.1) is 5.92 Å². The molecule has 7 nitrogen and oxygen atoms in total. The number of aromatic nitrogens is 2. The number of nitrogens with one attached hydrogen (secondary N) is 1. The van der Waals surface area contributed by atoms with Gasteiger partial charge in [0.1, 0.15) is 17.7 Å². The van der Waals surface area contributed by atoms with Gasteiger partial charge in [0, 0.05) is 49.6 Å². The van der Waals surface area contributed by atoms with E-state index in [2.05, 4.69) is 48.9 Å². The van der Waals surface area contributed by atoms with Crippen LogP contribution in [0.5, 0.6) is 0 Å². The van der Waals surface area contributed by atoms with E-state index < -0.39 is 0 Å². The quantitative estimate of drug-likeness (QED) is 0.651. The van der Waals surface area contributed by atoms with Gasteiger partial charge in [-0.05, 0) is 51.5 Å². The summed E-state index contributed by atoms with van der Waals surface area (Å²) in [5.74, 6) is 2.77. The van der Waals surface area contributed by atoms with Crippen LogP contribution < -0.4 is 10.2 Å². The molecule has 4 rings (SSSR count). The molecule has 1 aromatic heterocycles. The monoisotopic (exact) mass is 443 g/mol. The first-order chi connectivity index (χ1) is 15.3. The zero-order chi connectivity index (χ0) is 22.7. The van der Waals surface area contributed by atoms with Crippen molar-refractivity contribution in [1.29, 1.82) is 0 Å². The van der Waals surface area contributed by atoms with Gasteiger partial charge in [-0.25, -0.2) is 9.97 Å². The van der Waals surface area contributed by atoms with Gasteiger partial charge in [0.05, 0.1) is 12.3 Å². The zero-order valence-electron chi connectivity index (χ0n) is 20.3. The highest BCUT2D eigenvalue weighted by Crippen LogP contribution is 2.33. The number of carbonyl (C=O) groups excluding carboxylic acids is 1. The Hall–Kier alpha value is -1.73. The minimum absolute atomic E-state index is 0.0812. The average Bonchev–Trinajstić information content (AvgIpc) is 2.72. The molecule has 1 saturated carbocycles. The van der Waals surface area contributed by atoms with E-state index in [4.69, 9.17) is 14.7 Å². The lowest BCUT2D eigenvalue weighted by molar-refractivity contribution is -0.110. The van der Waals surface area contributed by atoms with Gasteiger partial charge in [-0.2, -0.15) is 0 Å². The molecule has 2 saturated heterocycles. The van der Waals surface area contributed by atoms with E-state index in [0.717, 1.165) is 75.2 Å². The summed E-state index contributed by atoms with van der Waals surface area (Å²) >= 11 is 0. The first-order valence-corrected chi connectivity index (χ1v) is 12.5. The fourth-order valence-corrected chi connectivity index (χ4v) is 5.18. The maximum Gasteiger partial charge on any atom is 0.207 e. The number of amides is 1. The highest BCUT2D eigenvalue weighted by molar-refractivity contribution is 5.46. The second-order valence-electron chi connectivity index (χ2n) is 11.0. The molecule has 2 aliphatic heterocycles. The predicted molar refractivity (Wildman–Crippen MR) is 127 cm³/mol. The van der Waals surface area contributed by atoms with Crippen molar-refractivity contribution in [2.45, 2.75) is 89.8 Å². The van der Waals surface area contributed by atoms with E-state index in [-0.39, 0.29) is 11.5 Å². The largest absolute Gasteiger partial charge is 0.372 e. The Morgan fingerprint density at radius 1 is 1.16 bits per heavy atom. The highest BCUT2D eigenvalue weighted by Gasteiger charge is 2.30. The zero-order valence-corrected chi connectivity index (χ0v) is 20.3. The van der Waals surface area contributed by atoms with Crippen molar-refractivity contribution in [2.75, 3.05) is 37.7 Å². The van der Waals surface area contributed by atoms with Gasteiger partial charge in [0.2, 0.25) is 6.41 Å². The fourth-order valence-electron chi connectivity index (χ4n) is 5.18. The van der Waals surface area contributed by atoms with Crippen molar-refractivity contribution >= 4 is 12.2 Å². The van der Waals surface area contributed by atoms with Crippen LogP contribution in [0.2, 0.25) is 0 Å². The number of anilines is 1. The number of hydrogen-bond donors (Lipinski definition) is 1. The summed E-state index contributed by atoms with van der Waals surface area (Å²) in [7, 11) is 0. The molecule has 3 heterocycles. The average molecular weight is 444 g/mol. The molecule has 178 valence electrons. The number of hydrogen-bond acceptors (Lipinski definition) is 6. The van der Waals surface area contributed by atoms with Gasteiger partial charge in [0.25, 0.3) is 0 Å². The Labute approximate surface area is 193 Å². The van der Waals surface area contributed by atoms with E-state index in [9.17, 15) is 4.79 Å². The number of piperazine rings is 1. The van der Waals surface area contributed by atoms with Crippen LogP contribution in [0.25, 0.3) is 0 Å². The second-order valence-corrected chi connectivity index (χ2v) is 11.0. The number of carbonyl (C=O) groups is 1. The van der Waals surface area contributed by atoms with Crippen LogP contribution in [0.1, 0.15) is 83.8 Å². The van der Waals surface area contributed by atoms with Crippen LogP contribution in [-0.2, 0) is 14.9 Å². The Morgan fingerprint density at radius 3 is 2.50 bits per heavy atom. The van der Waals surface area contributed by atoms with Crippen molar-refractivity contribution in [1.82, 2.24) is 20.2 Å². The SMILES string of the molecule is CC1CN(c2cc(C3CCO3)nc(C(C)(C)C)n2)CCN1CCC1CCC(NC=O)CC1. The molecule has 1 amide bonds. The normalized spacial score (nSPS) is 29.4. The lowest BCUT2D eigenvalue weighted by atomic mass is 9.84. The molecule has 0 aromatic carbocycles. The van der Waals surface area contributed by atoms with E-state index in [1.54, 1.807) is 0 Å². The lowest BCUT2D eigenvalue weighted by Crippen LogP contribution is -2.52. The summed E-state index contributed by atoms with van der Waals surface area (Å²) in [6.45, 7) is 14.0. The Kier molecular flexibility index (Phi) is 7.35. The maximum absolute atomic E-state index is 10.7. The number of ether oxygens (including phenoxy) is 1. The first kappa shape index (κ1) is 23.4. The van der Waals surface area contributed by atoms with E-state index in [1.165, 1.54) is 25.8 Å². The van der Waals surface area contributed by atoms with Crippen molar-refractivity contribution in [3.8, 4) is 0 Å². The Morgan fingerprint density at radius 2 is 1.91 bits per heavy atom. The number of rotatable bonds is 7. The fraction of sp³-hybridized carbons (Fsp3) is 0.800. The van der Waals surface area contributed by atoms with Crippen molar-refractivity contribution in [3.05, 3.63) is 17.6 Å². The van der Waals surface area contributed by atoms with E-state index >= 15 is 0 Å². The standard InChI is InChI=1S/C25H41N5O2/c1-18-16-30(13-12-29(18)11-9-19-5-7-20(8-6-19)26-17-31)23-15-21(22-10-14-32-22)27-24(28-23)25(2,3)4/h15,17-20,22H,5-14,16H2,1-4H3,(H,26,31). The van der Waals surface area contributed by atoms with E-state index in [1.807, 2.05) is 0 Å². The topological polar surface area (TPSA) is 70.6 Å². The van der Waals surface area contributed by atoms with Gasteiger partial charge < -0.3 is 15.0 Å². The molecule has 1 N–H and O–H groups in total. The molecule has 0 bridgehead atoms. The van der Waals surface area contributed by atoms with Crippen molar-refractivity contribution in [2.24, 2.45) is 5.92 Å². The summed E-state index contributed by atoms with van der Waals surface area (Å²) in [4.78, 5) is 25.6. The molecule has 2 atom stereocenters. The van der Waals surface area contributed by atoms with Crippen molar-refractivity contribution < 1.29 is 9.53 Å². The van der Waals surface area contributed by atoms with Crippen molar-refractivity contribution in [3.63, 3.8) is 0 Å². The minimum Gasteiger partial charge on any atom is -0.372 e. The smallest absolute Gasteiger partial charge is 0.207 e. The summed E-state index contributed by atoms with van der Waals surface area (Å²) in [6, 6.07) is 3.06. The van der Waals surface area contributed by atoms with Gasteiger partial charge >= 0.3 is 0 Å². The third-order valence-corrected chi connectivity index (χ3v) is 7.50. The molecule has 3 aliphatic rings. The third kappa shape index (κ3) is 5.60. The lowest BCUT2D eigenvalue weighted by Gasteiger charge is -2.41. The molecule has 7 heteroatoms. The Balaban J connectivity index is 1.33. The summed E-state index contributed by atoms with van der Waals surface area (Å²) < 4.78 is 5.74. The Bertz CT molecular complexity index is 768. The number of nitrogens with zero attached hydrogens (tertiary/aromatic N) is 4. The molecule has 32 heavy (non-hydrogen) atoms. The molecule has 1 aliphatic carbocycles.